The van der Waals surface area contributed by atoms with E-state index in [4.69, 9.17) is 9.15 Å². The van der Waals surface area contributed by atoms with Gasteiger partial charge < -0.3 is 19.2 Å². The molecule has 0 radical (unpaired) electrons. The Balaban J connectivity index is 1.63. The van der Waals surface area contributed by atoms with Gasteiger partial charge in [0.05, 0.1) is 5.92 Å². The standard InChI is InChI=1S/C19H20FNO5/c1-12-2-3-13(19(23)24)10-21(12)18(22)17-9-8-16(26-17)11-25-15-6-4-14(20)5-7-15/h4-9,12-13H,2-3,10-11H2,1H3,(H,23,24). The Morgan fingerprint density at radius 1 is 1.23 bits per heavy atom. The number of piperidine rings is 1. The van der Waals surface area contributed by atoms with Crippen LogP contribution in [-0.2, 0) is 11.4 Å². The minimum atomic E-state index is -0.887. The minimum absolute atomic E-state index is 0.0397. The maximum Gasteiger partial charge on any atom is 0.308 e. The number of ether oxygens (including phenoxy) is 1. The Bertz CT molecular complexity index is 785. The summed E-state index contributed by atoms with van der Waals surface area (Å²) in [5, 5.41) is 9.19. The van der Waals surface area contributed by atoms with Gasteiger partial charge in [0.25, 0.3) is 5.91 Å². The first kappa shape index (κ1) is 18.0. The smallest absolute Gasteiger partial charge is 0.308 e. The van der Waals surface area contributed by atoms with Crippen LogP contribution in [0.3, 0.4) is 0 Å². The van der Waals surface area contributed by atoms with Crippen molar-refractivity contribution in [3.8, 4) is 5.75 Å². The lowest BCUT2D eigenvalue weighted by Crippen LogP contribution is -2.47. The van der Waals surface area contributed by atoms with E-state index >= 15 is 0 Å². The largest absolute Gasteiger partial charge is 0.486 e. The van der Waals surface area contributed by atoms with Crippen LogP contribution in [0, 0.1) is 11.7 Å². The van der Waals surface area contributed by atoms with Crippen LogP contribution >= 0.6 is 0 Å². The molecular formula is C19H20FNO5. The Morgan fingerprint density at radius 2 is 1.96 bits per heavy atom. The normalized spacial score (nSPS) is 20.0. The molecule has 0 saturated carbocycles. The molecule has 0 aliphatic carbocycles. The molecule has 1 saturated heterocycles. The summed E-state index contributed by atoms with van der Waals surface area (Å²) in [6.07, 6.45) is 1.21. The molecule has 2 unspecified atom stereocenters. The SMILES string of the molecule is CC1CCC(C(=O)O)CN1C(=O)c1ccc(COc2ccc(F)cc2)o1. The highest BCUT2D eigenvalue weighted by Gasteiger charge is 2.34. The van der Waals surface area contributed by atoms with Crippen molar-refractivity contribution in [2.24, 2.45) is 5.92 Å². The van der Waals surface area contributed by atoms with Crippen LogP contribution in [0.15, 0.2) is 40.8 Å². The third kappa shape index (κ3) is 4.04. The van der Waals surface area contributed by atoms with Crippen LogP contribution in [0.1, 0.15) is 36.1 Å². The van der Waals surface area contributed by atoms with Crippen LogP contribution in [0.4, 0.5) is 4.39 Å². The summed E-state index contributed by atoms with van der Waals surface area (Å²) in [4.78, 5) is 25.4. The summed E-state index contributed by atoms with van der Waals surface area (Å²) in [7, 11) is 0. The van der Waals surface area contributed by atoms with E-state index in [-0.39, 0.29) is 36.7 Å². The molecule has 26 heavy (non-hydrogen) atoms. The Kier molecular flexibility index (Phi) is 5.25. The zero-order valence-corrected chi connectivity index (χ0v) is 14.4. The molecular weight excluding hydrogens is 341 g/mol. The van der Waals surface area contributed by atoms with Gasteiger partial charge in [-0.25, -0.2) is 4.39 Å². The summed E-state index contributed by atoms with van der Waals surface area (Å²) in [6, 6.07) is 8.76. The summed E-state index contributed by atoms with van der Waals surface area (Å²) in [5.74, 6) is -1.01. The van der Waals surface area contributed by atoms with Crippen molar-refractivity contribution in [2.75, 3.05) is 6.54 Å². The van der Waals surface area contributed by atoms with Crippen molar-refractivity contribution in [1.82, 2.24) is 4.90 Å². The molecule has 1 fully saturated rings. The third-order valence-electron chi connectivity index (χ3n) is 4.56. The number of rotatable bonds is 5. The number of nitrogens with zero attached hydrogens (tertiary/aromatic N) is 1. The molecule has 1 amide bonds. The molecule has 1 aromatic heterocycles. The van der Waals surface area contributed by atoms with Crippen molar-refractivity contribution in [3.63, 3.8) is 0 Å². The van der Waals surface area contributed by atoms with E-state index in [0.29, 0.717) is 24.4 Å². The average Bonchev–Trinajstić information content (AvgIpc) is 3.10. The predicted molar refractivity (Wildman–Crippen MR) is 90.3 cm³/mol. The molecule has 1 aliphatic heterocycles. The first-order valence-electron chi connectivity index (χ1n) is 8.45. The van der Waals surface area contributed by atoms with Crippen molar-refractivity contribution in [3.05, 3.63) is 53.7 Å². The molecule has 138 valence electrons. The molecule has 2 atom stereocenters. The third-order valence-corrected chi connectivity index (χ3v) is 4.56. The van der Waals surface area contributed by atoms with Gasteiger partial charge in [0, 0.05) is 12.6 Å². The fourth-order valence-electron chi connectivity index (χ4n) is 2.99. The van der Waals surface area contributed by atoms with Gasteiger partial charge in [-0.2, -0.15) is 0 Å². The fraction of sp³-hybridized carbons (Fsp3) is 0.368. The predicted octanol–water partition coefficient (Wildman–Crippen LogP) is 3.32. The molecule has 0 bridgehead atoms. The highest BCUT2D eigenvalue weighted by atomic mass is 19.1. The minimum Gasteiger partial charge on any atom is -0.486 e. The zero-order chi connectivity index (χ0) is 18.7. The van der Waals surface area contributed by atoms with Gasteiger partial charge in [0.15, 0.2) is 5.76 Å². The monoisotopic (exact) mass is 361 g/mol. The molecule has 2 heterocycles. The summed E-state index contributed by atoms with van der Waals surface area (Å²) < 4.78 is 23.9. The lowest BCUT2D eigenvalue weighted by molar-refractivity contribution is -0.143. The second-order valence-electron chi connectivity index (χ2n) is 6.43. The van der Waals surface area contributed by atoms with Gasteiger partial charge in [0.1, 0.15) is 23.9 Å². The molecule has 7 heteroatoms. The van der Waals surface area contributed by atoms with E-state index in [2.05, 4.69) is 0 Å². The van der Waals surface area contributed by atoms with Gasteiger partial charge in [-0.1, -0.05) is 0 Å². The number of carbonyl (C=O) groups is 2. The molecule has 1 aromatic carbocycles. The van der Waals surface area contributed by atoms with Crippen molar-refractivity contribution in [2.45, 2.75) is 32.4 Å². The highest BCUT2D eigenvalue weighted by molar-refractivity contribution is 5.92. The summed E-state index contributed by atoms with van der Waals surface area (Å²) in [5.41, 5.74) is 0. The molecule has 1 N–H and O–H groups in total. The van der Waals surface area contributed by atoms with Gasteiger partial charge >= 0.3 is 5.97 Å². The van der Waals surface area contributed by atoms with E-state index in [0.717, 1.165) is 0 Å². The molecule has 2 aromatic rings. The van der Waals surface area contributed by atoms with Gasteiger partial charge in [0.2, 0.25) is 0 Å². The van der Waals surface area contributed by atoms with Gasteiger partial charge in [-0.15, -0.1) is 0 Å². The highest BCUT2D eigenvalue weighted by Crippen LogP contribution is 2.25. The number of amides is 1. The quantitative estimate of drug-likeness (QED) is 0.884. The second-order valence-corrected chi connectivity index (χ2v) is 6.43. The number of likely N-dealkylation sites (tertiary alicyclic amines) is 1. The number of halogens is 1. The first-order chi connectivity index (χ1) is 12.4. The van der Waals surface area contributed by atoms with E-state index in [1.54, 1.807) is 17.0 Å². The number of hydrogen-bond donors (Lipinski definition) is 1. The number of aliphatic carboxylic acids is 1. The fourth-order valence-corrected chi connectivity index (χ4v) is 2.99. The Morgan fingerprint density at radius 3 is 2.65 bits per heavy atom. The first-order valence-corrected chi connectivity index (χ1v) is 8.45. The van der Waals surface area contributed by atoms with Crippen molar-refractivity contribution >= 4 is 11.9 Å². The Hall–Kier alpha value is -2.83. The van der Waals surface area contributed by atoms with Crippen LogP contribution < -0.4 is 4.74 Å². The van der Waals surface area contributed by atoms with Crippen molar-refractivity contribution < 1.29 is 28.2 Å². The number of carbonyl (C=O) groups excluding carboxylic acids is 1. The van der Waals surface area contributed by atoms with Crippen LogP contribution in [-0.4, -0.2) is 34.5 Å². The lowest BCUT2D eigenvalue weighted by atomic mass is 9.93. The van der Waals surface area contributed by atoms with E-state index in [1.807, 2.05) is 6.92 Å². The topological polar surface area (TPSA) is 80.0 Å². The van der Waals surface area contributed by atoms with Crippen molar-refractivity contribution in [1.29, 1.82) is 0 Å². The van der Waals surface area contributed by atoms with Crippen LogP contribution in [0.2, 0.25) is 0 Å². The molecule has 1 aliphatic rings. The number of carboxylic acids is 1. The summed E-state index contributed by atoms with van der Waals surface area (Å²) in [6.45, 7) is 2.18. The lowest BCUT2D eigenvalue weighted by Gasteiger charge is -2.35. The molecule has 3 rings (SSSR count). The molecule has 0 spiro atoms. The average molecular weight is 361 g/mol. The maximum absolute atomic E-state index is 12.9. The van der Waals surface area contributed by atoms with Gasteiger partial charge in [-0.05, 0) is 56.2 Å². The van der Waals surface area contributed by atoms with Gasteiger partial charge in [-0.3, -0.25) is 9.59 Å². The Labute approximate surface area is 150 Å². The van der Waals surface area contributed by atoms with E-state index < -0.39 is 11.9 Å². The van der Waals surface area contributed by atoms with E-state index in [1.165, 1.54) is 24.3 Å². The molecule has 6 nitrogen and oxygen atoms in total. The summed E-state index contributed by atoms with van der Waals surface area (Å²) >= 11 is 0. The van der Waals surface area contributed by atoms with Crippen LogP contribution in [0.5, 0.6) is 5.75 Å². The second kappa shape index (κ2) is 7.59. The number of furan rings is 1. The number of hydrogen-bond acceptors (Lipinski definition) is 4. The number of carboxylic acid groups (broad SMARTS) is 1. The maximum atomic E-state index is 12.9. The zero-order valence-electron chi connectivity index (χ0n) is 14.4. The number of benzene rings is 1. The van der Waals surface area contributed by atoms with Crippen LogP contribution in [0.25, 0.3) is 0 Å². The van der Waals surface area contributed by atoms with E-state index in [9.17, 15) is 19.1 Å².